The molecule has 5 nitrogen and oxygen atoms in total. The number of aromatic nitrogens is 1. The van der Waals surface area contributed by atoms with Crippen molar-refractivity contribution in [1.82, 2.24) is 9.88 Å². The lowest BCUT2D eigenvalue weighted by atomic mass is 10.2. The second kappa shape index (κ2) is 5.61. The molecule has 1 aromatic carbocycles. The molecule has 1 unspecified atom stereocenters. The highest BCUT2D eigenvalue weighted by Crippen LogP contribution is 2.31. The Labute approximate surface area is 127 Å². The summed E-state index contributed by atoms with van der Waals surface area (Å²) >= 11 is 1.73. The molecule has 0 radical (unpaired) electrons. The molecule has 112 valence electrons. The summed E-state index contributed by atoms with van der Waals surface area (Å²) in [6.07, 6.45) is 0. The normalized spacial score (nSPS) is 18.1. The Hall–Kier alpha value is -1.66. The van der Waals surface area contributed by atoms with Gasteiger partial charge in [0.1, 0.15) is 6.04 Å². The summed E-state index contributed by atoms with van der Waals surface area (Å²) in [7, 11) is 0. The molecule has 2 aromatic rings. The van der Waals surface area contributed by atoms with Crippen molar-refractivity contribution >= 4 is 32.7 Å². The van der Waals surface area contributed by atoms with Gasteiger partial charge in [-0.1, -0.05) is 23.5 Å². The number of piperazine rings is 1. The maximum atomic E-state index is 11.0. The first-order chi connectivity index (χ1) is 10.1. The van der Waals surface area contributed by atoms with E-state index in [-0.39, 0.29) is 0 Å². The van der Waals surface area contributed by atoms with E-state index in [0.717, 1.165) is 36.8 Å². The number of aryl methyl sites for hydroxylation is 1. The third-order valence-corrected chi connectivity index (χ3v) is 5.36. The fourth-order valence-electron chi connectivity index (χ4n) is 2.67. The van der Waals surface area contributed by atoms with Crippen molar-refractivity contribution in [1.29, 1.82) is 0 Å². The first-order valence-corrected chi connectivity index (χ1v) is 7.96. The van der Waals surface area contributed by atoms with Crippen LogP contribution in [0.2, 0.25) is 0 Å². The monoisotopic (exact) mass is 305 g/mol. The van der Waals surface area contributed by atoms with Crippen LogP contribution in [-0.4, -0.2) is 53.2 Å². The highest BCUT2D eigenvalue weighted by Gasteiger charge is 2.26. The van der Waals surface area contributed by atoms with Crippen molar-refractivity contribution in [3.05, 3.63) is 23.8 Å². The van der Waals surface area contributed by atoms with Crippen LogP contribution < -0.4 is 4.90 Å². The average molecular weight is 305 g/mol. The molecule has 1 atom stereocenters. The molecule has 1 aliphatic heterocycles. The van der Waals surface area contributed by atoms with Gasteiger partial charge in [0.2, 0.25) is 0 Å². The van der Waals surface area contributed by atoms with Gasteiger partial charge < -0.3 is 10.0 Å². The van der Waals surface area contributed by atoms with Gasteiger partial charge in [-0.25, -0.2) is 4.98 Å². The lowest BCUT2D eigenvalue weighted by molar-refractivity contribution is -0.142. The van der Waals surface area contributed by atoms with Crippen molar-refractivity contribution in [3.8, 4) is 0 Å². The van der Waals surface area contributed by atoms with Gasteiger partial charge in [0.05, 0.1) is 10.2 Å². The maximum Gasteiger partial charge on any atom is 0.320 e. The minimum atomic E-state index is -0.751. The Balaban J connectivity index is 1.74. The molecule has 1 fully saturated rings. The number of anilines is 1. The van der Waals surface area contributed by atoms with E-state index in [1.54, 1.807) is 18.3 Å². The summed E-state index contributed by atoms with van der Waals surface area (Å²) in [6.45, 7) is 7.05. The second-order valence-corrected chi connectivity index (χ2v) is 6.43. The smallest absolute Gasteiger partial charge is 0.320 e. The van der Waals surface area contributed by atoms with Crippen LogP contribution in [0, 0.1) is 6.92 Å². The molecule has 1 aromatic heterocycles. The topological polar surface area (TPSA) is 56.7 Å². The molecule has 0 saturated carbocycles. The van der Waals surface area contributed by atoms with Gasteiger partial charge in [-0.2, -0.15) is 0 Å². The Morgan fingerprint density at radius 2 is 2.05 bits per heavy atom. The molecule has 6 heteroatoms. The van der Waals surface area contributed by atoms with Gasteiger partial charge >= 0.3 is 5.97 Å². The molecule has 21 heavy (non-hydrogen) atoms. The molecule has 0 amide bonds. The number of hydrogen-bond donors (Lipinski definition) is 1. The van der Waals surface area contributed by atoms with Crippen LogP contribution in [0.25, 0.3) is 10.2 Å². The highest BCUT2D eigenvalue weighted by molar-refractivity contribution is 7.22. The van der Waals surface area contributed by atoms with Crippen molar-refractivity contribution in [2.24, 2.45) is 0 Å². The molecule has 3 rings (SSSR count). The Bertz CT molecular complexity index is 662. The van der Waals surface area contributed by atoms with E-state index < -0.39 is 12.0 Å². The summed E-state index contributed by atoms with van der Waals surface area (Å²) in [5.41, 5.74) is 2.31. The number of fused-ring (bicyclic) bond motifs is 1. The largest absolute Gasteiger partial charge is 0.480 e. The second-order valence-electron chi connectivity index (χ2n) is 5.46. The van der Waals surface area contributed by atoms with Gasteiger partial charge in [0.25, 0.3) is 0 Å². The van der Waals surface area contributed by atoms with Crippen LogP contribution in [0.3, 0.4) is 0 Å². The van der Waals surface area contributed by atoms with E-state index in [0.29, 0.717) is 0 Å². The van der Waals surface area contributed by atoms with Gasteiger partial charge in [-0.05, 0) is 25.5 Å². The highest BCUT2D eigenvalue weighted by atomic mass is 32.1. The maximum absolute atomic E-state index is 11.0. The van der Waals surface area contributed by atoms with Gasteiger partial charge in [0.15, 0.2) is 5.13 Å². The van der Waals surface area contributed by atoms with E-state index >= 15 is 0 Å². The molecule has 0 bridgehead atoms. The van der Waals surface area contributed by atoms with Crippen molar-refractivity contribution in [2.45, 2.75) is 19.9 Å². The third kappa shape index (κ3) is 2.73. The molecule has 0 spiro atoms. The predicted octanol–water partition coefficient (Wildman–Crippen LogP) is 2.20. The van der Waals surface area contributed by atoms with Crippen LogP contribution in [0.1, 0.15) is 12.5 Å². The summed E-state index contributed by atoms with van der Waals surface area (Å²) < 4.78 is 1.24. The molecule has 1 N–H and O–H groups in total. The number of rotatable bonds is 3. The number of aliphatic carboxylic acids is 1. The van der Waals surface area contributed by atoms with Gasteiger partial charge in [0, 0.05) is 26.2 Å². The zero-order valence-electron chi connectivity index (χ0n) is 12.2. The molecular weight excluding hydrogens is 286 g/mol. The average Bonchev–Trinajstić information content (AvgIpc) is 2.92. The molecule has 1 saturated heterocycles. The number of carboxylic acids is 1. The van der Waals surface area contributed by atoms with Gasteiger partial charge in [-0.3, -0.25) is 9.69 Å². The number of hydrogen-bond acceptors (Lipinski definition) is 5. The van der Waals surface area contributed by atoms with Crippen LogP contribution in [0.4, 0.5) is 5.13 Å². The number of thiazole rings is 1. The summed E-state index contributed by atoms with van der Waals surface area (Å²) in [6, 6.07) is 5.78. The van der Waals surface area contributed by atoms with E-state index in [4.69, 9.17) is 10.1 Å². The van der Waals surface area contributed by atoms with Crippen molar-refractivity contribution in [2.75, 3.05) is 31.1 Å². The molecule has 1 aliphatic rings. The Kier molecular flexibility index (Phi) is 3.82. The summed E-state index contributed by atoms with van der Waals surface area (Å²) in [5.74, 6) is -0.751. The van der Waals surface area contributed by atoms with Crippen LogP contribution in [0.15, 0.2) is 18.2 Å². The Morgan fingerprint density at radius 3 is 2.67 bits per heavy atom. The van der Waals surface area contributed by atoms with Crippen LogP contribution in [0.5, 0.6) is 0 Å². The lowest BCUT2D eigenvalue weighted by Gasteiger charge is -2.36. The third-order valence-electron chi connectivity index (χ3n) is 4.09. The zero-order valence-corrected chi connectivity index (χ0v) is 13.1. The molecule has 0 aliphatic carbocycles. The zero-order chi connectivity index (χ0) is 15.0. The first-order valence-electron chi connectivity index (χ1n) is 7.14. The van der Waals surface area contributed by atoms with Crippen molar-refractivity contribution in [3.63, 3.8) is 0 Å². The first kappa shape index (κ1) is 14.3. The number of benzene rings is 1. The number of carboxylic acid groups (broad SMARTS) is 1. The number of carbonyl (C=O) groups is 1. The van der Waals surface area contributed by atoms with Crippen LogP contribution >= 0.6 is 11.3 Å². The molecular formula is C15H19N3O2S. The Morgan fingerprint density at radius 1 is 1.33 bits per heavy atom. The lowest BCUT2D eigenvalue weighted by Crippen LogP contribution is -2.51. The molecule has 2 heterocycles. The summed E-state index contributed by atoms with van der Waals surface area (Å²) in [4.78, 5) is 20.0. The fraction of sp³-hybridized carbons (Fsp3) is 0.467. The predicted molar refractivity (Wildman–Crippen MR) is 85.2 cm³/mol. The minimum Gasteiger partial charge on any atom is -0.480 e. The van der Waals surface area contributed by atoms with Crippen molar-refractivity contribution < 1.29 is 9.90 Å². The minimum absolute atomic E-state index is 0.412. The summed E-state index contributed by atoms with van der Waals surface area (Å²) in [5, 5.41) is 10.1. The van der Waals surface area contributed by atoms with Crippen LogP contribution in [-0.2, 0) is 4.79 Å². The van der Waals surface area contributed by atoms with E-state index in [1.807, 2.05) is 17.0 Å². The van der Waals surface area contributed by atoms with E-state index in [2.05, 4.69) is 17.9 Å². The standard InChI is InChI=1S/C15H19N3O2S/c1-10-4-3-5-12-13(10)21-15(16-12)18-8-6-17(7-9-18)11(2)14(19)20/h3-5,11H,6-9H2,1-2H3,(H,19,20). The van der Waals surface area contributed by atoms with E-state index in [1.165, 1.54) is 10.3 Å². The number of nitrogens with zero attached hydrogens (tertiary/aromatic N) is 3. The SMILES string of the molecule is Cc1cccc2nc(N3CCN(C(C)C(=O)O)CC3)sc12. The van der Waals surface area contributed by atoms with E-state index in [9.17, 15) is 4.79 Å². The fourth-order valence-corrected chi connectivity index (χ4v) is 3.75. The van der Waals surface area contributed by atoms with Gasteiger partial charge in [-0.15, -0.1) is 0 Å². The quantitative estimate of drug-likeness (QED) is 0.942.